The number of anilines is 3. The first kappa shape index (κ1) is 19.3. The van der Waals surface area contributed by atoms with Crippen LogP contribution in [-0.2, 0) is 4.79 Å². The Hall–Kier alpha value is -3.03. The van der Waals surface area contributed by atoms with E-state index < -0.39 is 0 Å². The van der Waals surface area contributed by atoms with Crippen molar-refractivity contribution in [2.24, 2.45) is 5.10 Å². The van der Waals surface area contributed by atoms with Crippen molar-refractivity contribution in [2.75, 3.05) is 22.3 Å². The van der Waals surface area contributed by atoms with Crippen LogP contribution in [0.3, 0.4) is 0 Å². The van der Waals surface area contributed by atoms with Crippen LogP contribution in [0.15, 0.2) is 29.6 Å². The van der Waals surface area contributed by atoms with Crippen molar-refractivity contribution in [3.63, 3.8) is 0 Å². The summed E-state index contributed by atoms with van der Waals surface area (Å²) in [5.74, 6) is 1.33. The minimum absolute atomic E-state index is 0.111. The molecular weight excluding hydrogens is 366 g/mol. The van der Waals surface area contributed by atoms with E-state index in [1.165, 1.54) is 12.8 Å². The van der Waals surface area contributed by atoms with Gasteiger partial charge in [0.1, 0.15) is 11.7 Å². The van der Waals surface area contributed by atoms with E-state index in [-0.39, 0.29) is 11.9 Å². The van der Waals surface area contributed by atoms with Gasteiger partial charge in [0.25, 0.3) is 0 Å². The normalized spacial score (nSPS) is 19.8. The third-order valence-electron chi connectivity index (χ3n) is 5.71. The maximum Gasteiger partial charge on any atom is 0.249 e. The second kappa shape index (κ2) is 8.14. The maximum absolute atomic E-state index is 12.9. The van der Waals surface area contributed by atoms with Crippen LogP contribution in [0.4, 0.5) is 17.5 Å². The molecule has 0 spiro atoms. The molecule has 1 fully saturated rings. The number of hydrogen-bond donors (Lipinski definition) is 1. The van der Waals surface area contributed by atoms with Gasteiger partial charge in [-0.3, -0.25) is 9.78 Å². The van der Waals surface area contributed by atoms with E-state index >= 15 is 0 Å². The highest BCUT2D eigenvalue weighted by molar-refractivity contribution is 6.04. The van der Waals surface area contributed by atoms with Gasteiger partial charge < -0.3 is 9.80 Å². The molecule has 0 saturated heterocycles. The monoisotopic (exact) mass is 393 g/mol. The summed E-state index contributed by atoms with van der Waals surface area (Å²) in [6, 6.07) is 4.06. The average Bonchev–Trinajstić information content (AvgIpc) is 3.26. The number of hydrogen-bond acceptors (Lipinski definition) is 7. The Morgan fingerprint density at radius 3 is 2.72 bits per heavy atom. The molecule has 1 unspecified atom stereocenters. The SMILES string of the molecule is CCC1C(=O)N(C)c2cnc(N/N=C/c3ccc(C)cn3)nc2N1C1CCCC1. The number of nitrogens with zero attached hydrogens (tertiary/aromatic N) is 6. The van der Waals surface area contributed by atoms with E-state index in [0.29, 0.717) is 12.0 Å². The Morgan fingerprint density at radius 2 is 2.03 bits per heavy atom. The lowest BCUT2D eigenvalue weighted by atomic mass is 10.0. The lowest BCUT2D eigenvalue weighted by Crippen LogP contribution is -2.55. The van der Waals surface area contributed by atoms with Gasteiger partial charge >= 0.3 is 0 Å². The van der Waals surface area contributed by atoms with Crippen molar-refractivity contribution in [1.82, 2.24) is 15.0 Å². The lowest BCUT2D eigenvalue weighted by molar-refractivity contribution is -0.120. The predicted molar refractivity (Wildman–Crippen MR) is 114 cm³/mol. The molecule has 4 rings (SSSR count). The summed E-state index contributed by atoms with van der Waals surface area (Å²) >= 11 is 0. The number of pyridine rings is 1. The summed E-state index contributed by atoms with van der Waals surface area (Å²) in [5, 5.41) is 4.22. The fourth-order valence-corrected chi connectivity index (χ4v) is 4.15. The summed E-state index contributed by atoms with van der Waals surface area (Å²) in [5.41, 5.74) is 5.51. The van der Waals surface area contributed by atoms with Crippen LogP contribution in [0.1, 0.15) is 50.3 Å². The fourth-order valence-electron chi connectivity index (χ4n) is 4.15. The van der Waals surface area contributed by atoms with Crippen LogP contribution in [-0.4, -0.2) is 46.2 Å². The number of aromatic nitrogens is 3. The van der Waals surface area contributed by atoms with Crippen molar-refractivity contribution in [3.05, 3.63) is 35.8 Å². The van der Waals surface area contributed by atoms with E-state index in [2.05, 4.69) is 32.3 Å². The Morgan fingerprint density at radius 1 is 1.24 bits per heavy atom. The highest BCUT2D eigenvalue weighted by atomic mass is 16.2. The summed E-state index contributed by atoms with van der Waals surface area (Å²) in [6.07, 6.45) is 10.5. The second-order valence-electron chi connectivity index (χ2n) is 7.70. The Kier molecular flexibility index (Phi) is 5.42. The number of fused-ring (bicyclic) bond motifs is 1. The van der Waals surface area contributed by atoms with E-state index in [0.717, 1.165) is 42.0 Å². The van der Waals surface area contributed by atoms with Gasteiger partial charge in [0.2, 0.25) is 11.9 Å². The molecule has 0 aromatic carbocycles. The average molecular weight is 393 g/mol. The fraction of sp³-hybridized carbons (Fsp3) is 0.476. The van der Waals surface area contributed by atoms with Gasteiger partial charge in [-0.2, -0.15) is 10.1 Å². The molecule has 29 heavy (non-hydrogen) atoms. The Labute approximate surface area is 171 Å². The summed E-state index contributed by atoms with van der Waals surface area (Å²) < 4.78 is 0. The lowest BCUT2D eigenvalue weighted by Gasteiger charge is -2.43. The van der Waals surface area contributed by atoms with Crippen LogP contribution in [0.25, 0.3) is 0 Å². The predicted octanol–water partition coefficient (Wildman–Crippen LogP) is 3.13. The Balaban J connectivity index is 1.61. The quantitative estimate of drug-likeness (QED) is 0.620. The van der Waals surface area contributed by atoms with Gasteiger partial charge in [-0.25, -0.2) is 10.4 Å². The van der Waals surface area contributed by atoms with Gasteiger partial charge in [-0.15, -0.1) is 0 Å². The van der Waals surface area contributed by atoms with Crippen molar-refractivity contribution < 1.29 is 4.79 Å². The molecular formula is C21H27N7O. The molecule has 0 radical (unpaired) electrons. The van der Waals surface area contributed by atoms with Crippen molar-refractivity contribution in [3.8, 4) is 0 Å². The summed E-state index contributed by atoms with van der Waals surface area (Å²) in [7, 11) is 1.80. The molecule has 2 aromatic heterocycles. The summed E-state index contributed by atoms with van der Waals surface area (Å²) in [6.45, 7) is 4.05. The molecule has 1 saturated carbocycles. The molecule has 1 aliphatic heterocycles. The molecule has 2 aliphatic rings. The number of carbonyl (C=O) groups is 1. The number of aryl methyl sites for hydroxylation is 1. The molecule has 8 nitrogen and oxygen atoms in total. The van der Waals surface area contributed by atoms with Crippen molar-refractivity contribution in [1.29, 1.82) is 0 Å². The van der Waals surface area contributed by atoms with Gasteiger partial charge in [0.15, 0.2) is 5.82 Å². The first-order valence-electron chi connectivity index (χ1n) is 10.2. The minimum Gasteiger partial charge on any atom is -0.340 e. The minimum atomic E-state index is -0.182. The number of amides is 1. The largest absolute Gasteiger partial charge is 0.340 e. The first-order chi connectivity index (χ1) is 14.1. The van der Waals surface area contributed by atoms with E-state index in [1.54, 1.807) is 30.6 Å². The van der Waals surface area contributed by atoms with E-state index in [1.807, 2.05) is 19.1 Å². The number of nitrogens with one attached hydrogen (secondary N) is 1. The van der Waals surface area contributed by atoms with Crippen LogP contribution in [0.5, 0.6) is 0 Å². The van der Waals surface area contributed by atoms with Gasteiger partial charge in [-0.05, 0) is 37.8 Å². The number of rotatable bonds is 5. The number of carbonyl (C=O) groups excluding carboxylic acids is 1. The van der Waals surface area contributed by atoms with E-state index in [4.69, 9.17) is 4.98 Å². The smallest absolute Gasteiger partial charge is 0.249 e. The molecule has 152 valence electrons. The van der Waals surface area contributed by atoms with Crippen LogP contribution in [0.2, 0.25) is 0 Å². The number of likely N-dealkylation sites (N-methyl/N-ethyl adjacent to an activating group) is 1. The zero-order valence-corrected chi connectivity index (χ0v) is 17.2. The zero-order valence-electron chi connectivity index (χ0n) is 17.2. The maximum atomic E-state index is 12.9. The number of hydrazone groups is 1. The van der Waals surface area contributed by atoms with Crippen LogP contribution < -0.4 is 15.2 Å². The van der Waals surface area contributed by atoms with Gasteiger partial charge in [0.05, 0.1) is 18.1 Å². The topological polar surface area (TPSA) is 86.6 Å². The Bertz CT molecular complexity index is 906. The van der Waals surface area contributed by atoms with Crippen LogP contribution in [0, 0.1) is 6.92 Å². The van der Waals surface area contributed by atoms with Gasteiger partial charge in [0, 0.05) is 19.3 Å². The zero-order chi connectivity index (χ0) is 20.4. The molecule has 1 aliphatic carbocycles. The van der Waals surface area contributed by atoms with Crippen LogP contribution >= 0.6 is 0 Å². The summed E-state index contributed by atoms with van der Waals surface area (Å²) in [4.78, 5) is 30.2. The first-order valence-corrected chi connectivity index (χ1v) is 10.2. The molecule has 1 atom stereocenters. The molecule has 8 heteroatoms. The molecule has 3 heterocycles. The highest BCUT2D eigenvalue weighted by Crippen LogP contribution is 2.39. The van der Waals surface area contributed by atoms with E-state index in [9.17, 15) is 4.79 Å². The van der Waals surface area contributed by atoms with Crippen molar-refractivity contribution >= 4 is 29.6 Å². The molecule has 1 amide bonds. The molecule has 0 bridgehead atoms. The molecule has 2 aromatic rings. The van der Waals surface area contributed by atoms with Gasteiger partial charge in [-0.1, -0.05) is 25.8 Å². The van der Waals surface area contributed by atoms with Crippen molar-refractivity contribution in [2.45, 2.75) is 58.0 Å². The molecule has 1 N–H and O–H groups in total. The third-order valence-corrected chi connectivity index (χ3v) is 5.71. The highest BCUT2D eigenvalue weighted by Gasteiger charge is 2.41. The third kappa shape index (κ3) is 3.79. The second-order valence-corrected chi connectivity index (χ2v) is 7.70. The standard InChI is InChI=1S/C21H27N7O/c1-4-17-20(29)27(3)18-13-23-21(25-19(18)28(17)16-7-5-6-8-16)26-24-12-15-10-9-14(2)11-22-15/h9-13,16-17H,4-8H2,1-3H3,(H,23,25,26)/b24-12+.